The molecule has 0 bridgehead atoms. The number of benzene rings is 1. The lowest BCUT2D eigenvalue weighted by Gasteiger charge is -2.14. The van der Waals surface area contributed by atoms with E-state index in [9.17, 15) is 4.79 Å². The van der Waals surface area contributed by atoms with E-state index in [2.05, 4.69) is 15.6 Å². The SMILES string of the molecule is Cc1ccc(NC(=O)c2cn3c(n2)NCCC3)cc1. The first-order valence-corrected chi connectivity index (χ1v) is 6.41. The molecule has 0 fully saturated rings. The number of fused-ring (bicyclic) bond motifs is 1. The summed E-state index contributed by atoms with van der Waals surface area (Å²) in [5.41, 5.74) is 2.40. The molecule has 1 amide bonds. The van der Waals surface area contributed by atoms with E-state index >= 15 is 0 Å². The average molecular weight is 256 g/mol. The summed E-state index contributed by atoms with van der Waals surface area (Å²) >= 11 is 0. The van der Waals surface area contributed by atoms with Crippen LogP contribution < -0.4 is 10.6 Å². The van der Waals surface area contributed by atoms with Crippen molar-refractivity contribution in [1.29, 1.82) is 0 Å². The Labute approximate surface area is 111 Å². The van der Waals surface area contributed by atoms with Crippen molar-refractivity contribution in [3.8, 4) is 0 Å². The van der Waals surface area contributed by atoms with Crippen molar-refractivity contribution in [2.45, 2.75) is 19.9 Å². The van der Waals surface area contributed by atoms with Crippen molar-refractivity contribution < 1.29 is 4.79 Å². The molecule has 2 heterocycles. The maximum Gasteiger partial charge on any atom is 0.275 e. The lowest BCUT2D eigenvalue weighted by atomic mass is 10.2. The van der Waals surface area contributed by atoms with E-state index in [0.717, 1.165) is 31.1 Å². The van der Waals surface area contributed by atoms with Crippen molar-refractivity contribution in [2.24, 2.45) is 0 Å². The topological polar surface area (TPSA) is 59.0 Å². The molecule has 1 aliphatic heterocycles. The fourth-order valence-corrected chi connectivity index (χ4v) is 2.12. The molecule has 5 nitrogen and oxygen atoms in total. The number of amides is 1. The van der Waals surface area contributed by atoms with Crippen LogP contribution in [0.3, 0.4) is 0 Å². The molecule has 0 atom stereocenters. The minimum Gasteiger partial charge on any atom is -0.356 e. The van der Waals surface area contributed by atoms with Crippen LogP contribution in [-0.2, 0) is 6.54 Å². The molecule has 2 aromatic rings. The Morgan fingerprint density at radius 3 is 2.89 bits per heavy atom. The molecule has 0 radical (unpaired) electrons. The first kappa shape index (κ1) is 11.8. The summed E-state index contributed by atoms with van der Waals surface area (Å²) in [7, 11) is 0. The molecule has 0 saturated carbocycles. The number of anilines is 2. The summed E-state index contributed by atoms with van der Waals surface area (Å²) in [4.78, 5) is 16.4. The van der Waals surface area contributed by atoms with E-state index in [1.165, 1.54) is 5.56 Å². The van der Waals surface area contributed by atoms with E-state index in [1.807, 2.05) is 35.8 Å². The third-order valence-electron chi connectivity index (χ3n) is 3.18. The predicted molar refractivity (Wildman–Crippen MR) is 74.5 cm³/mol. The summed E-state index contributed by atoms with van der Waals surface area (Å²) in [5.74, 6) is 0.604. The number of imidazole rings is 1. The van der Waals surface area contributed by atoms with Crippen LogP contribution in [0.15, 0.2) is 30.5 Å². The van der Waals surface area contributed by atoms with Gasteiger partial charge in [-0.25, -0.2) is 4.98 Å². The second kappa shape index (κ2) is 4.76. The highest BCUT2D eigenvalue weighted by Crippen LogP contribution is 2.16. The molecule has 19 heavy (non-hydrogen) atoms. The smallest absolute Gasteiger partial charge is 0.275 e. The number of nitrogens with zero attached hydrogens (tertiary/aromatic N) is 2. The Balaban J connectivity index is 1.76. The second-order valence-corrected chi connectivity index (χ2v) is 4.74. The van der Waals surface area contributed by atoms with Gasteiger partial charge in [0.1, 0.15) is 5.69 Å². The van der Waals surface area contributed by atoms with Gasteiger partial charge in [-0.1, -0.05) is 17.7 Å². The van der Waals surface area contributed by atoms with Crippen LogP contribution in [0.5, 0.6) is 0 Å². The van der Waals surface area contributed by atoms with E-state index in [4.69, 9.17) is 0 Å². The van der Waals surface area contributed by atoms with Crippen LogP contribution in [-0.4, -0.2) is 22.0 Å². The van der Waals surface area contributed by atoms with Crippen molar-refractivity contribution in [2.75, 3.05) is 17.2 Å². The van der Waals surface area contributed by atoms with Crippen molar-refractivity contribution >= 4 is 17.5 Å². The molecule has 5 heteroatoms. The van der Waals surface area contributed by atoms with Crippen LogP contribution >= 0.6 is 0 Å². The highest BCUT2D eigenvalue weighted by Gasteiger charge is 2.16. The van der Waals surface area contributed by atoms with Gasteiger partial charge in [-0.2, -0.15) is 0 Å². The average Bonchev–Trinajstić information content (AvgIpc) is 2.85. The minimum atomic E-state index is -0.174. The Morgan fingerprint density at radius 2 is 2.16 bits per heavy atom. The molecular weight excluding hydrogens is 240 g/mol. The van der Waals surface area contributed by atoms with Gasteiger partial charge in [0.25, 0.3) is 5.91 Å². The fourth-order valence-electron chi connectivity index (χ4n) is 2.12. The summed E-state index contributed by atoms with van der Waals surface area (Å²) in [6.45, 7) is 3.84. The zero-order valence-corrected chi connectivity index (χ0v) is 10.8. The molecule has 0 saturated heterocycles. The molecule has 2 N–H and O–H groups in total. The molecular formula is C14H16N4O. The van der Waals surface area contributed by atoms with E-state index in [0.29, 0.717) is 5.69 Å². The molecule has 0 aliphatic carbocycles. The lowest BCUT2D eigenvalue weighted by Crippen LogP contribution is -2.16. The Kier molecular flexibility index (Phi) is 2.95. The van der Waals surface area contributed by atoms with Crippen molar-refractivity contribution in [1.82, 2.24) is 9.55 Å². The number of nitrogens with one attached hydrogen (secondary N) is 2. The highest BCUT2D eigenvalue weighted by molar-refractivity contribution is 6.03. The lowest BCUT2D eigenvalue weighted by molar-refractivity contribution is 0.102. The highest BCUT2D eigenvalue weighted by atomic mass is 16.1. The van der Waals surface area contributed by atoms with E-state index < -0.39 is 0 Å². The van der Waals surface area contributed by atoms with Crippen LogP contribution in [0, 0.1) is 6.92 Å². The number of aryl methyl sites for hydroxylation is 2. The maximum atomic E-state index is 12.1. The maximum absolute atomic E-state index is 12.1. The first-order chi connectivity index (χ1) is 9.22. The minimum absolute atomic E-state index is 0.174. The van der Waals surface area contributed by atoms with Gasteiger partial charge in [0.2, 0.25) is 5.95 Å². The van der Waals surface area contributed by atoms with Gasteiger partial charge in [-0.15, -0.1) is 0 Å². The van der Waals surface area contributed by atoms with Gasteiger partial charge >= 0.3 is 0 Å². The fraction of sp³-hybridized carbons (Fsp3) is 0.286. The molecule has 1 aliphatic rings. The Bertz CT molecular complexity index is 577. The number of aromatic nitrogens is 2. The van der Waals surface area contributed by atoms with Gasteiger partial charge in [0.15, 0.2) is 0 Å². The van der Waals surface area contributed by atoms with Crippen molar-refractivity contribution in [3.63, 3.8) is 0 Å². The molecule has 3 rings (SSSR count). The number of hydrogen-bond acceptors (Lipinski definition) is 3. The quantitative estimate of drug-likeness (QED) is 0.866. The molecule has 98 valence electrons. The standard InChI is InChI=1S/C14H16N4O/c1-10-3-5-11(6-4-10)16-13(19)12-9-18-8-2-7-15-14(18)17-12/h3-6,9H,2,7-8H2,1H3,(H,15,17)(H,16,19). The van der Waals surface area contributed by atoms with Crippen LogP contribution in [0.25, 0.3) is 0 Å². The van der Waals surface area contributed by atoms with Gasteiger partial charge in [0, 0.05) is 25.0 Å². The summed E-state index contributed by atoms with van der Waals surface area (Å²) < 4.78 is 1.98. The van der Waals surface area contributed by atoms with Crippen molar-refractivity contribution in [3.05, 3.63) is 41.7 Å². The number of carbonyl (C=O) groups excluding carboxylic acids is 1. The van der Waals surface area contributed by atoms with Gasteiger partial charge in [0.05, 0.1) is 0 Å². The Hall–Kier alpha value is -2.30. The molecule has 1 aromatic carbocycles. The number of hydrogen-bond donors (Lipinski definition) is 2. The summed E-state index contributed by atoms with van der Waals surface area (Å²) in [6, 6.07) is 7.72. The van der Waals surface area contributed by atoms with E-state index in [-0.39, 0.29) is 5.91 Å². The molecule has 0 unspecified atom stereocenters. The third kappa shape index (κ3) is 2.45. The summed E-state index contributed by atoms with van der Waals surface area (Å²) in [5, 5.41) is 6.03. The molecule has 0 spiro atoms. The first-order valence-electron chi connectivity index (χ1n) is 6.41. The van der Waals surface area contributed by atoms with Crippen LogP contribution in [0.4, 0.5) is 11.6 Å². The van der Waals surface area contributed by atoms with Gasteiger partial charge in [-0.05, 0) is 25.5 Å². The number of rotatable bonds is 2. The molecule has 1 aromatic heterocycles. The third-order valence-corrected chi connectivity index (χ3v) is 3.18. The Morgan fingerprint density at radius 1 is 1.37 bits per heavy atom. The zero-order valence-electron chi connectivity index (χ0n) is 10.8. The normalized spacial score (nSPS) is 13.5. The van der Waals surface area contributed by atoms with E-state index in [1.54, 1.807) is 6.20 Å². The monoisotopic (exact) mass is 256 g/mol. The number of carbonyl (C=O) groups is 1. The van der Waals surface area contributed by atoms with Gasteiger partial charge in [-0.3, -0.25) is 4.79 Å². The van der Waals surface area contributed by atoms with Gasteiger partial charge < -0.3 is 15.2 Å². The summed E-state index contributed by atoms with van der Waals surface area (Å²) in [6.07, 6.45) is 2.85. The van der Waals surface area contributed by atoms with Crippen LogP contribution in [0.2, 0.25) is 0 Å². The predicted octanol–water partition coefficient (Wildman–Crippen LogP) is 2.26. The van der Waals surface area contributed by atoms with Crippen LogP contribution in [0.1, 0.15) is 22.5 Å². The second-order valence-electron chi connectivity index (χ2n) is 4.74. The zero-order chi connectivity index (χ0) is 13.2. The largest absolute Gasteiger partial charge is 0.356 e.